The van der Waals surface area contributed by atoms with E-state index in [2.05, 4.69) is 0 Å². The zero-order chi connectivity index (χ0) is 15.8. The second kappa shape index (κ2) is 4.87. The van der Waals surface area contributed by atoms with Crippen LogP contribution in [0.5, 0.6) is 0 Å². The van der Waals surface area contributed by atoms with E-state index in [1.807, 2.05) is 24.3 Å². The maximum absolute atomic E-state index is 6.21. The lowest BCUT2D eigenvalue weighted by molar-refractivity contribution is 1.02. The van der Waals surface area contributed by atoms with E-state index >= 15 is 0 Å². The van der Waals surface area contributed by atoms with Crippen molar-refractivity contribution < 1.29 is 0 Å². The van der Waals surface area contributed by atoms with E-state index < -0.39 is 0 Å². The molecule has 0 aliphatic carbocycles. The molecule has 0 spiro atoms. The molecule has 22 heavy (non-hydrogen) atoms. The highest BCUT2D eigenvalue weighted by molar-refractivity contribution is 7.83. The van der Waals surface area contributed by atoms with Crippen molar-refractivity contribution >= 4 is 103 Å². The molecule has 2 nitrogen and oxygen atoms in total. The van der Waals surface area contributed by atoms with Gasteiger partial charge in [0.2, 0.25) is 0 Å². The van der Waals surface area contributed by atoms with Gasteiger partial charge in [-0.2, -0.15) is 0 Å². The van der Waals surface area contributed by atoms with E-state index in [1.54, 1.807) is 0 Å². The second-order valence-corrected chi connectivity index (χ2v) is 7.08. The van der Waals surface area contributed by atoms with E-state index in [-0.39, 0.29) is 0 Å². The van der Waals surface area contributed by atoms with Gasteiger partial charge < -0.3 is 0 Å². The van der Waals surface area contributed by atoms with Crippen LogP contribution < -0.4 is 0 Å². The first-order valence-electron chi connectivity index (χ1n) is 6.12. The molecule has 2 aromatic rings. The lowest BCUT2D eigenvalue weighted by Gasteiger charge is -2.31. The molecule has 0 aromatic heterocycles. The molecule has 0 atom stereocenters. The molecule has 0 amide bonds. The quantitative estimate of drug-likeness (QED) is 0.473. The number of hydrogen-bond acceptors (Lipinski definition) is 4. The lowest BCUT2D eigenvalue weighted by Crippen LogP contribution is -2.35. The zero-order valence-electron chi connectivity index (χ0n) is 10.6. The van der Waals surface area contributed by atoms with E-state index in [9.17, 15) is 0 Å². The third kappa shape index (κ3) is 1.71. The van der Waals surface area contributed by atoms with Gasteiger partial charge in [-0.1, -0.05) is 73.1 Å². The monoisotopic (exact) mass is 398 g/mol. The Bertz CT molecular complexity index is 806. The summed E-state index contributed by atoms with van der Waals surface area (Å²) in [6, 6.07) is 7.59. The van der Waals surface area contributed by atoms with E-state index in [0.29, 0.717) is 20.0 Å². The fourth-order valence-corrected chi connectivity index (χ4v) is 4.34. The molecule has 0 bridgehead atoms. The van der Waals surface area contributed by atoms with Gasteiger partial charge >= 0.3 is 0 Å². The molecule has 4 rings (SSSR count). The van der Waals surface area contributed by atoms with Crippen molar-refractivity contribution in [3.8, 4) is 0 Å². The highest BCUT2D eigenvalue weighted by Gasteiger charge is 2.33. The minimum absolute atomic E-state index is 0.480. The Morgan fingerprint density at radius 1 is 0.545 bits per heavy atom. The van der Waals surface area contributed by atoms with Crippen LogP contribution in [-0.2, 0) is 0 Å². The van der Waals surface area contributed by atoms with Crippen molar-refractivity contribution in [2.24, 2.45) is 0 Å². The van der Waals surface area contributed by atoms with Crippen LogP contribution in [0.1, 0.15) is 22.3 Å². The zero-order valence-corrected chi connectivity index (χ0v) is 15.4. The normalized spacial score (nSPS) is 16.8. The van der Waals surface area contributed by atoms with Gasteiger partial charge in [-0.15, -0.1) is 0 Å². The minimum atomic E-state index is 0.480. The SMILES string of the molecule is S=C1c2ccc3c4c(ccc(c24)C(=S)N1Cl)C(=S)N(Cl)C3=S. The summed E-state index contributed by atoms with van der Waals surface area (Å²) in [5, 5.41) is 1.88. The summed E-state index contributed by atoms with van der Waals surface area (Å²) >= 11 is 34.1. The molecular formula is C14H4Cl2N2S4. The summed E-state index contributed by atoms with van der Waals surface area (Å²) in [4.78, 5) is 1.92. The van der Waals surface area contributed by atoms with Gasteiger partial charge in [0.1, 0.15) is 20.0 Å². The van der Waals surface area contributed by atoms with Crippen LogP contribution >= 0.6 is 72.4 Å². The average Bonchev–Trinajstić information content (AvgIpc) is 2.53. The smallest absolute Gasteiger partial charge is 0.130 e. The predicted octanol–water partition coefficient (Wildman–Crippen LogP) is 4.48. The van der Waals surface area contributed by atoms with Crippen LogP contribution in [0.4, 0.5) is 0 Å². The molecule has 0 saturated heterocycles. The first-order valence-corrected chi connectivity index (χ1v) is 8.43. The largest absolute Gasteiger partial charge is 0.231 e. The molecule has 2 aliphatic heterocycles. The molecule has 0 N–H and O–H groups in total. The fraction of sp³-hybridized carbons (Fsp3) is 0. The van der Waals surface area contributed by atoms with Crippen LogP contribution in [0, 0.1) is 0 Å². The molecule has 0 radical (unpaired) electrons. The summed E-state index contributed by atoms with van der Waals surface area (Å²) in [7, 11) is 0. The third-order valence-corrected chi connectivity index (χ3v) is 6.48. The van der Waals surface area contributed by atoms with Crippen LogP contribution in [0.25, 0.3) is 10.8 Å². The topological polar surface area (TPSA) is 6.48 Å². The van der Waals surface area contributed by atoms with Gasteiger partial charge in [-0.3, -0.25) is 0 Å². The molecule has 0 saturated carbocycles. The summed E-state index contributed by atoms with van der Waals surface area (Å²) in [6.07, 6.45) is 0. The fourth-order valence-electron chi connectivity index (χ4n) is 2.82. The minimum Gasteiger partial charge on any atom is -0.231 e. The molecule has 0 unspecified atom stereocenters. The number of thiocarbonyl (C=S) groups is 4. The predicted molar refractivity (Wildman–Crippen MR) is 106 cm³/mol. The highest BCUT2D eigenvalue weighted by atomic mass is 35.5. The van der Waals surface area contributed by atoms with E-state index in [4.69, 9.17) is 72.4 Å². The summed E-state index contributed by atoms with van der Waals surface area (Å²) in [5.74, 6) is 0. The van der Waals surface area contributed by atoms with Crippen LogP contribution in [0.2, 0.25) is 0 Å². The Hall–Kier alpha value is -0.760. The first kappa shape index (κ1) is 14.8. The summed E-state index contributed by atoms with van der Waals surface area (Å²) in [5.41, 5.74) is 3.40. The maximum Gasteiger partial charge on any atom is 0.130 e. The van der Waals surface area contributed by atoms with Crippen molar-refractivity contribution in [1.29, 1.82) is 0 Å². The number of hydrogen-bond donors (Lipinski definition) is 0. The van der Waals surface area contributed by atoms with Gasteiger partial charge in [0.15, 0.2) is 0 Å². The van der Waals surface area contributed by atoms with Gasteiger partial charge in [-0.25, -0.2) is 8.84 Å². The average molecular weight is 399 g/mol. The molecular weight excluding hydrogens is 395 g/mol. The van der Waals surface area contributed by atoms with Gasteiger partial charge in [0.05, 0.1) is 0 Å². The molecule has 108 valence electrons. The van der Waals surface area contributed by atoms with Crippen molar-refractivity contribution in [3.05, 3.63) is 46.5 Å². The maximum atomic E-state index is 6.21. The Morgan fingerprint density at radius 3 is 1.00 bits per heavy atom. The Balaban J connectivity index is 2.24. The molecule has 0 fully saturated rings. The van der Waals surface area contributed by atoms with Gasteiger partial charge in [0.25, 0.3) is 0 Å². The van der Waals surface area contributed by atoms with Crippen molar-refractivity contribution in [3.63, 3.8) is 0 Å². The number of nitrogens with zero attached hydrogens (tertiary/aromatic N) is 2. The lowest BCUT2D eigenvalue weighted by atomic mass is 9.88. The van der Waals surface area contributed by atoms with Crippen molar-refractivity contribution in [1.82, 2.24) is 8.84 Å². The van der Waals surface area contributed by atoms with Gasteiger partial charge in [-0.05, 0) is 0 Å². The third-order valence-electron chi connectivity index (χ3n) is 3.80. The highest BCUT2D eigenvalue weighted by Crippen LogP contribution is 2.39. The van der Waals surface area contributed by atoms with Gasteiger partial charge in [0, 0.05) is 56.6 Å². The molecule has 2 aromatic carbocycles. The summed E-state index contributed by atoms with van der Waals surface area (Å²) < 4.78 is 2.66. The molecule has 2 aliphatic rings. The Kier molecular flexibility index (Phi) is 3.28. The number of rotatable bonds is 0. The Morgan fingerprint density at radius 2 is 0.773 bits per heavy atom. The number of halogens is 2. The summed E-state index contributed by atoms with van der Waals surface area (Å²) in [6.45, 7) is 0. The first-order chi connectivity index (χ1) is 10.4. The molecule has 8 heteroatoms. The Labute approximate surface area is 157 Å². The standard InChI is InChI=1S/C14H4Cl2N2S4/c15-17-11(19)5-1-2-6-10-8(14(22)18(16)12(6)20)4-3-7(9(5)10)13(17)21/h1-4H. The van der Waals surface area contributed by atoms with Crippen molar-refractivity contribution in [2.75, 3.05) is 0 Å². The number of benzene rings is 2. The van der Waals surface area contributed by atoms with Crippen LogP contribution in [-0.4, -0.2) is 28.8 Å². The van der Waals surface area contributed by atoms with E-state index in [1.165, 1.54) is 8.84 Å². The van der Waals surface area contributed by atoms with Crippen LogP contribution in [0.15, 0.2) is 24.3 Å². The van der Waals surface area contributed by atoms with E-state index in [0.717, 1.165) is 33.0 Å². The second-order valence-electron chi connectivity index (χ2n) is 4.85. The molecule has 2 heterocycles. The van der Waals surface area contributed by atoms with Crippen molar-refractivity contribution in [2.45, 2.75) is 0 Å². The van der Waals surface area contributed by atoms with Crippen LogP contribution in [0.3, 0.4) is 0 Å².